The van der Waals surface area contributed by atoms with Crippen LogP contribution >= 0.6 is 0 Å². The van der Waals surface area contributed by atoms with E-state index in [9.17, 15) is 4.79 Å². The lowest BCUT2D eigenvalue weighted by Crippen LogP contribution is -2.57. The maximum atomic E-state index is 11.9. The van der Waals surface area contributed by atoms with Crippen LogP contribution in [0.4, 0.5) is 4.79 Å². The Balaban J connectivity index is 2.39. The van der Waals surface area contributed by atoms with Gasteiger partial charge in [0.1, 0.15) is 0 Å². The first-order valence-corrected chi connectivity index (χ1v) is 6.65. The zero-order valence-corrected chi connectivity index (χ0v) is 11.9. The Kier molecular flexibility index (Phi) is 4.80. The van der Waals surface area contributed by atoms with E-state index in [-0.39, 0.29) is 17.6 Å². The minimum Gasteiger partial charge on any atom is -0.336 e. The Morgan fingerprint density at radius 3 is 2.18 bits per heavy atom. The largest absolute Gasteiger partial charge is 0.336 e. The van der Waals surface area contributed by atoms with Crippen molar-refractivity contribution in [2.24, 2.45) is 0 Å². The van der Waals surface area contributed by atoms with Crippen molar-refractivity contribution < 1.29 is 4.79 Å². The number of urea groups is 1. The van der Waals surface area contributed by atoms with Crippen molar-refractivity contribution in [1.82, 2.24) is 15.1 Å². The third-order valence-corrected chi connectivity index (χ3v) is 3.50. The zero-order chi connectivity index (χ0) is 13.1. The summed E-state index contributed by atoms with van der Waals surface area (Å²) in [6.45, 7) is 14.4. The van der Waals surface area contributed by atoms with Gasteiger partial charge in [0.2, 0.25) is 0 Å². The molecule has 1 fully saturated rings. The normalized spacial score (nSPS) is 20.2. The number of amides is 2. The predicted molar refractivity (Wildman–Crippen MR) is 71.2 cm³/mol. The van der Waals surface area contributed by atoms with Crippen LogP contribution in [0.25, 0.3) is 0 Å². The summed E-state index contributed by atoms with van der Waals surface area (Å²) in [5.74, 6) is 0. The van der Waals surface area contributed by atoms with E-state index >= 15 is 0 Å². The molecule has 0 saturated carbocycles. The van der Waals surface area contributed by atoms with Gasteiger partial charge in [-0.1, -0.05) is 6.92 Å². The number of rotatable bonds is 2. The molecular weight excluding hydrogens is 214 g/mol. The molecule has 0 aromatic rings. The van der Waals surface area contributed by atoms with Crippen LogP contribution in [0.3, 0.4) is 0 Å². The molecule has 1 aliphatic heterocycles. The summed E-state index contributed by atoms with van der Waals surface area (Å²) in [6, 6.07) is 0.357. The zero-order valence-electron chi connectivity index (χ0n) is 11.9. The molecule has 2 amide bonds. The molecule has 4 nitrogen and oxygen atoms in total. The maximum absolute atomic E-state index is 11.9. The molecular formula is C13H27N3O. The first-order valence-electron chi connectivity index (χ1n) is 6.65. The highest BCUT2D eigenvalue weighted by Gasteiger charge is 2.27. The van der Waals surface area contributed by atoms with Crippen LogP contribution in [0.5, 0.6) is 0 Å². The minimum absolute atomic E-state index is 0.0907. The number of carbonyl (C=O) groups excluding carboxylic acids is 1. The van der Waals surface area contributed by atoms with Gasteiger partial charge < -0.3 is 10.2 Å². The van der Waals surface area contributed by atoms with Gasteiger partial charge in [0.05, 0.1) is 0 Å². The van der Waals surface area contributed by atoms with Gasteiger partial charge >= 0.3 is 6.03 Å². The third kappa shape index (κ3) is 4.19. The second-order valence-electron chi connectivity index (χ2n) is 5.90. The van der Waals surface area contributed by atoms with Crippen LogP contribution in [-0.2, 0) is 0 Å². The molecule has 1 N–H and O–H groups in total. The Morgan fingerprint density at radius 1 is 1.24 bits per heavy atom. The van der Waals surface area contributed by atoms with Gasteiger partial charge in [-0.3, -0.25) is 4.90 Å². The lowest BCUT2D eigenvalue weighted by Gasteiger charge is -2.42. The highest BCUT2D eigenvalue weighted by molar-refractivity contribution is 5.74. The van der Waals surface area contributed by atoms with Crippen LogP contribution in [0, 0.1) is 0 Å². The van der Waals surface area contributed by atoms with Gasteiger partial charge in [0.15, 0.2) is 0 Å². The molecule has 1 saturated heterocycles. The molecule has 0 aliphatic carbocycles. The topological polar surface area (TPSA) is 35.6 Å². The Labute approximate surface area is 105 Å². The number of nitrogens with zero attached hydrogens (tertiary/aromatic N) is 2. The Hall–Kier alpha value is -0.770. The van der Waals surface area contributed by atoms with E-state index in [1.54, 1.807) is 0 Å². The summed E-state index contributed by atoms with van der Waals surface area (Å²) >= 11 is 0. The Bertz CT molecular complexity index is 252. The lowest BCUT2D eigenvalue weighted by atomic mass is 10.1. The second kappa shape index (κ2) is 5.71. The molecule has 0 radical (unpaired) electrons. The summed E-state index contributed by atoms with van der Waals surface area (Å²) in [4.78, 5) is 16.3. The number of hydrogen-bond acceptors (Lipinski definition) is 2. The average Bonchev–Trinajstić information content (AvgIpc) is 2.27. The fourth-order valence-corrected chi connectivity index (χ4v) is 1.98. The van der Waals surface area contributed by atoms with E-state index in [4.69, 9.17) is 0 Å². The number of hydrogen-bond donors (Lipinski definition) is 1. The molecule has 4 heteroatoms. The first-order chi connectivity index (χ1) is 7.84. The molecule has 17 heavy (non-hydrogen) atoms. The molecule has 0 aromatic heterocycles. The molecule has 0 spiro atoms. The number of carbonyl (C=O) groups is 1. The van der Waals surface area contributed by atoms with Gasteiger partial charge in [0, 0.05) is 37.8 Å². The summed E-state index contributed by atoms with van der Waals surface area (Å²) in [5.41, 5.74) is 0.208. The van der Waals surface area contributed by atoms with E-state index < -0.39 is 0 Å². The standard InChI is InChI=1S/C13H27N3O/c1-6-11(2)14-12(17)15-7-9-16(10-8-15)13(3,4)5/h11H,6-10H2,1-5H3,(H,14,17). The van der Waals surface area contributed by atoms with Crippen molar-refractivity contribution in [2.45, 2.75) is 52.6 Å². The van der Waals surface area contributed by atoms with E-state index in [0.29, 0.717) is 0 Å². The molecule has 0 aromatic carbocycles. The molecule has 1 heterocycles. The van der Waals surface area contributed by atoms with E-state index in [1.165, 1.54) is 0 Å². The quantitative estimate of drug-likeness (QED) is 0.801. The first kappa shape index (κ1) is 14.3. The number of piperazine rings is 1. The second-order valence-corrected chi connectivity index (χ2v) is 5.90. The SMILES string of the molecule is CCC(C)NC(=O)N1CCN(C(C)(C)C)CC1. The van der Waals surface area contributed by atoms with Crippen molar-refractivity contribution in [3.8, 4) is 0 Å². The van der Waals surface area contributed by atoms with Crippen LogP contribution in [0.2, 0.25) is 0 Å². The average molecular weight is 241 g/mol. The molecule has 0 bridgehead atoms. The Morgan fingerprint density at radius 2 is 1.76 bits per heavy atom. The van der Waals surface area contributed by atoms with Crippen LogP contribution in [0.1, 0.15) is 41.0 Å². The van der Waals surface area contributed by atoms with E-state index in [1.807, 2.05) is 11.8 Å². The van der Waals surface area contributed by atoms with Crippen molar-refractivity contribution in [3.63, 3.8) is 0 Å². The summed E-state index contributed by atoms with van der Waals surface area (Å²) < 4.78 is 0. The highest BCUT2D eigenvalue weighted by Crippen LogP contribution is 2.15. The van der Waals surface area contributed by atoms with Gasteiger partial charge in [-0.15, -0.1) is 0 Å². The van der Waals surface area contributed by atoms with Gasteiger partial charge in [0.25, 0.3) is 0 Å². The fraction of sp³-hybridized carbons (Fsp3) is 0.923. The lowest BCUT2D eigenvalue weighted by molar-refractivity contribution is 0.0737. The molecule has 100 valence electrons. The van der Waals surface area contributed by atoms with E-state index in [0.717, 1.165) is 32.6 Å². The minimum atomic E-state index is 0.0907. The van der Waals surface area contributed by atoms with Crippen LogP contribution in [-0.4, -0.2) is 53.6 Å². The molecule has 1 aliphatic rings. The predicted octanol–water partition coefficient (Wildman–Crippen LogP) is 1.91. The van der Waals surface area contributed by atoms with Gasteiger partial charge in [-0.25, -0.2) is 4.79 Å². The van der Waals surface area contributed by atoms with Crippen molar-refractivity contribution in [1.29, 1.82) is 0 Å². The van der Waals surface area contributed by atoms with Crippen LogP contribution < -0.4 is 5.32 Å². The highest BCUT2D eigenvalue weighted by atomic mass is 16.2. The summed E-state index contributed by atoms with van der Waals surface area (Å²) in [6.07, 6.45) is 0.980. The van der Waals surface area contributed by atoms with Crippen LogP contribution in [0.15, 0.2) is 0 Å². The third-order valence-electron chi connectivity index (χ3n) is 3.50. The molecule has 1 atom stereocenters. The smallest absolute Gasteiger partial charge is 0.317 e. The monoisotopic (exact) mass is 241 g/mol. The summed E-state index contributed by atoms with van der Waals surface area (Å²) in [5, 5.41) is 3.02. The van der Waals surface area contributed by atoms with Gasteiger partial charge in [-0.2, -0.15) is 0 Å². The van der Waals surface area contributed by atoms with Crippen molar-refractivity contribution in [3.05, 3.63) is 0 Å². The molecule has 1 rings (SSSR count). The fourth-order valence-electron chi connectivity index (χ4n) is 1.98. The van der Waals surface area contributed by atoms with E-state index in [2.05, 4.69) is 37.9 Å². The number of nitrogens with one attached hydrogen (secondary N) is 1. The molecule has 1 unspecified atom stereocenters. The maximum Gasteiger partial charge on any atom is 0.317 e. The summed E-state index contributed by atoms with van der Waals surface area (Å²) in [7, 11) is 0. The van der Waals surface area contributed by atoms with Crippen molar-refractivity contribution >= 4 is 6.03 Å². The van der Waals surface area contributed by atoms with Gasteiger partial charge in [-0.05, 0) is 34.1 Å². The van der Waals surface area contributed by atoms with Crippen molar-refractivity contribution in [2.75, 3.05) is 26.2 Å².